The van der Waals surface area contributed by atoms with Crippen LogP contribution in [0.4, 0.5) is 4.79 Å². The number of ether oxygens (including phenoxy) is 1. The molecule has 0 aromatic carbocycles. The highest BCUT2D eigenvalue weighted by Gasteiger charge is 2.45. The van der Waals surface area contributed by atoms with Crippen molar-refractivity contribution in [1.29, 1.82) is 0 Å². The van der Waals surface area contributed by atoms with E-state index in [9.17, 15) is 28.8 Å². The van der Waals surface area contributed by atoms with E-state index in [1.165, 1.54) is 4.90 Å². The SMILES string of the molecule is C[C@@H]1C[C@@H](C(=O)NC(CC2CCC2)C(=O)C(N)=O)N(C(=O)C(NC(=O)NCC(=O)OC2CCCC2)C(C)(C)C)C1. The van der Waals surface area contributed by atoms with Crippen LogP contribution in [0.2, 0.25) is 0 Å². The number of esters is 1. The van der Waals surface area contributed by atoms with E-state index in [0.29, 0.717) is 12.8 Å². The number of Topliss-reactive ketones (excluding diaryl/α,β-unsaturated/α-hetero) is 1. The minimum atomic E-state index is -1.10. The van der Waals surface area contributed by atoms with Gasteiger partial charge in [-0.1, -0.05) is 47.0 Å². The molecule has 40 heavy (non-hydrogen) atoms. The molecule has 0 radical (unpaired) electrons. The predicted molar refractivity (Wildman–Crippen MR) is 145 cm³/mol. The summed E-state index contributed by atoms with van der Waals surface area (Å²) in [6, 6.07) is -3.60. The summed E-state index contributed by atoms with van der Waals surface area (Å²) in [5.74, 6) is -3.23. The fourth-order valence-corrected chi connectivity index (χ4v) is 5.65. The van der Waals surface area contributed by atoms with Gasteiger partial charge in [0, 0.05) is 6.54 Å². The van der Waals surface area contributed by atoms with Gasteiger partial charge in [0.25, 0.3) is 5.91 Å². The zero-order valence-electron chi connectivity index (χ0n) is 24.1. The van der Waals surface area contributed by atoms with Gasteiger partial charge in [0.2, 0.25) is 17.6 Å². The zero-order chi connectivity index (χ0) is 29.6. The Morgan fingerprint density at radius 2 is 1.62 bits per heavy atom. The average molecular weight is 564 g/mol. The van der Waals surface area contributed by atoms with Gasteiger partial charge in [0.05, 0.1) is 6.04 Å². The molecule has 2 aliphatic carbocycles. The van der Waals surface area contributed by atoms with Crippen molar-refractivity contribution in [3.63, 3.8) is 0 Å². The van der Waals surface area contributed by atoms with Crippen LogP contribution in [0, 0.1) is 17.3 Å². The number of carbonyl (C=O) groups is 6. The second-order valence-electron chi connectivity index (χ2n) is 12.7. The summed E-state index contributed by atoms with van der Waals surface area (Å²) in [6.07, 6.45) is 7.12. The van der Waals surface area contributed by atoms with Crippen molar-refractivity contribution in [3.05, 3.63) is 0 Å². The van der Waals surface area contributed by atoms with Gasteiger partial charge in [0.15, 0.2) is 0 Å². The van der Waals surface area contributed by atoms with Crippen molar-refractivity contribution in [1.82, 2.24) is 20.9 Å². The lowest BCUT2D eigenvalue weighted by atomic mass is 9.80. The minimum Gasteiger partial charge on any atom is -0.461 e. The fraction of sp³-hybridized carbons (Fsp3) is 0.786. The molecule has 2 unspecified atom stereocenters. The predicted octanol–water partition coefficient (Wildman–Crippen LogP) is 1.15. The maximum Gasteiger partial charge on any atom is 0.325 e. The van der Waals surface area contributed by atoms with Gasteiger partial charge in [0.1, 0.15) is 24.7 Å². The van der Waals surface area contributed by atoms with Crippen LogP contribution in [0.25, 0.3) is 0 Å². The number of rotatable bonds is 11. The van der Waals surface area contributed by atoms with Crippen molar-refractivity contribution in [3.8, 4) is 0 Å². The Bertz CT molecular complexity index is 984. The first-order chi connectivity index (χ1) is 18.8. The number of carbonyl (C=O) groups excluding carboxylic acids is 6. The number of hydrogen-bond donors (Lipinski definition) is 4. The average Bonchev–Trinajstić information content (AvgIpc) is 3.50. The van der Waals surface area contributed by atoms with E-state index in [-0.39, 0.29) is 31.0 Å². The van der Waals surface area contributed by atoms with E-state index < -0.39 is 59.0 Å². The van der Waals surface area contributed by atoms with Gasteiger partial charge >= 0.3 is 12.0 Å². The van der Waals surface area contributed by atoms with Crippen LogP contribution in [0.5, 0.6) is 0 Å². The van der Waals surface area contributed by atoms with Crippen molar-refractivity contribution >= 4 is 35.5 Å². The second-order valence-corrected chi connectivity index (χ2v) is 12.7. The van der Waals surface area contributed by atoms with E-state index >= 15 is 0 Å². The number of hydrogen-bond acceptors (Lipinski definition) is 7. The maximum absolute atomic E-state index is 13.8. The fourth-order valence-electron chi connectivity index (χ4n) is 5.65. The summed E-state index contributed by atoms with van der Waals surface area (Å²) in [6.45, 7) is 7.25. The highest BCUT2D eigenvalue weighted by atomic mass is 16.5. The first kappa shape index (κ1) is 31.3. The summed E-state index contributed by atoms with van der Waals surface area (Å²) in [4.78, 5) is 77.5. The van der Waals surface area contributed by atoms with Gasteiger partial charge in [-0.15, -0.1) is 0 Å². The molecule has 4 atom stereocenters. The number of nitrogens with one attached hydrogen (secondary N) is 3. The van der Waals surface area contributed by atoms with Crippen molar-refractivity contribution in [2.75, 3.05) is 13.1 Å². The molecule has 1 aliphatic heterocycles. The molecular weight excluding hydrogens is 518 g/mol. The van der Waals surface area contributed by atoms with Gasteiger partial charge < -0.3 is 31.3 Å². The van der Waals surface area contributed by atoms with E-state index in [1.54, 1.807) is 20.8 Å². The molecule has 1 heterocycles. The number of likely N-dealkylation sites (tertiary alicyclic amines) is 1. The normalized spacial score (nSPS) is 23.1. The molecule has 3 aliphatic rings. The minimum absolute atomic E-state index is 0.00331. The number of nitrogens with zero attached hydrogens (tertiary/aromatic N) is 1. The lowest BCUT2D eigenvalue weighted by molar-refractivity contribution is -0.147. The van der Waals surface area contributed by atoms with Gasteiger partial charge in [-0.3, -0.25) is 24.0 Å². The molecule has 3 rings (SSSR count). The Hall–Kier alpha value is -3.18. The van der Waals surface area contributed by atoms with E-state index in [4.69, 9.17) is 10.5 Å². The van der Waals surface area contributed by atoms with Crippen molar-refractivity contribution in [2.24, 2.45) is 23.0 Å². The number of primary amides is 1. The maximum atomic E-state index is 13.8. The first-order valence-corrected chi connectivity index (χ1v) is 14.4. The van der Waals surface area contributed by atoms with E-state index in [0.717, 1.165) is 44.9 Å². The third-order valence-corrected chi connectivity index (χ3v) is 8.15. The zero-order valence-corrected chi connectivity index (χ0v) is 24.1. The molecule has 3 fully saturated rings. The van der Waals surface area contributed by atoms with Crippen molar-refractivity contribution in [2.45, 2.75) is 110 Å². The lowest BCUT2D eigenvalue weighted by Crippen LogP contribution is -2.60. The van der Waals surface area contributed by atoms with Crippen LogP contribution in [-0.4, -0.2) is 77.7 Å². The molecule has 1 saturated heterocycles. The van der Waals surface area contributed by atoms with Gasteiger partial charge in [-0.05, 0) is 55.8 Å². The molecule has 12 heteroatoms. The summed E-state index contributed by atoms with van der Waals surface area (Å²) in [5, 5.41) is 7.84. The highest BCUT2D eigenvalue weighted by molar-refractivity contribution is 6.37. The highest BCUT2D eigenvalue weighted by Crippen LogP contribution is 2.32. The van der Waals surface area contributed by atoms with Gasteiger partial charge in [-0.2, -0.15) is 0 Å². The number of ketones is 1. The molecule has 0 aromatic rings. The van der Waals surface area contributed by atoms with Crippen LogP contribution in [-0.2, 0) is 28.7 Å². The molecule has 12 nitrogen and oxygen atoms in total. The molecule has 5 amide bonds. The summed E-state index contributed by atoms with van der Waals surface area (Å²) >= 11 is 0. The Morgan fingerprint density at radius 1 is 0.975 bits per heavy atom. The monoisotopic (exact) mass is 563 g/mol. The first-order valence-electron chi connectivity index (χ1n) is 14.4. The van der Waals surface area contributed by atoms with Crippen LogP contribution in [0.15, 0.2) is 0 Å². The second kappa shape index (κ2) is 13.5. The summed E-state index contributed by atoms with van der Waals surface area (Å²) in [7, 11) is 0. The third-order valence-electron chi connectivity index (χ3n) is 8.15. The molecule has 224 valence electrons. The molecular formula is C28H45N5O7. The van der Waals surface area contributed by atoms with E-state index in [1.807, 2.05) is 6.92 Å². The number of amides is 5. The van der Waals surface area contributed by atoms with Crippen LogP contribution < -0.4 is 21.7 Å². The Kier molecular flexibility index (Phi) is 10.5. The number of nitrogens with two attached hydrogens (primary N) is 1. The smallest absolute Gasteiger partial charge is 0.325 e. The van der Waals surface area contributed by atoms with Gasteiger partial charge in [-0.25, -0.2) is 4.79 Å². The standard InChI is InChI=1S/C28H45N5O7/c1-16-12-20(25(37)31-19(22(35)24(29)36)13-17-8-7-9-17)33(15-16)26(38)23(28(2,3)4)32-27(39)30-14-21(34)40-18-10-5-6-11-18/h16-20,23H,5-15H2,1-4H3,(H2,29,36)(H,31,37)(H2,30,32,39)/t16-,19?,20+,23?/m1/s1. The summed E-state index contributed by atoms with van der Waals surface area (Å²) in [5.41, 5.74) is 4.52. The summed E-state index contributed by atoms with van der Waals surface area (Å²) < 4.78 is 5.36. The topological polar surface area (TPSA) is 177 Å². The Morgan fingerprint density at radius 3 is 2.17 bits per heavy atom. The van der Waals surface area contributed by atoms with Crippen LogP contribution in [0.1, 0.15) is 85.5 Å². The molecule has 2 saturated carbocycles. The van der Waals surface area contributed by atoms with E-state index in [2.05, 4.69) is 16.0 Å². The van der Waals surface area contributed by atoms with Crippen LogP contribution >= 0.6 is 0 Å². The Balaban J connectivity index is 1.65. The van der Waals surface area contributed by atoms with Crippen LogP contribution in [0.3, 0.4) is 0 Å². The molecule has 5 N–H and O–H groups in total. The quantitative estimate of drug-likeness (QED) is 0.215. The molecule has 0 bridgehead atoms. The van der Waals surface area contributed by atoms with Crippen molar-refractivity contribution < 1.29 is 33.5 Å². The third kappa shape index (κ3) is 8.41. The Labute approximate surface area is 235 Å². The number of urea groups is 1. The largest absolute Gasteiger partial charge is 0.461 e. The lowest BCUT2D eigenvalue weighted by Gasteiger charge is -2.36. The molecule has 0 spiro atoms. The molecule has 0 aromatic heterocycles.